The lowest BCUT2D eigenvalue weighted by Crippen LogP contribution is -2.71. The van der Waals surface area contributed by atoms with Crippen LogP contribution in [0.5, 0.6) is 0 Å². The molecular weight excluding hydrogens is 372 g/mol. The van der Waals surface area contributed by atoms with Crippen molar-refractivity contribution in [2.24, 2.45) is 5.41 Å². The zero-order valence-electron chi connectivity index (χ0n) is 18.4. The van der Waals surface area contributed by atoms with E-state index in [0.717, 1.165) is 25.1 Å². The van der Waals surface area contributed by atoms with Crippen LogP contribution in [0.4, 0.5) is 4.79 Å². The summed E-state index contributed by atoms with van der Waals surface area (Å²) in [5, 5.41) is 4.14. The van der Waals surface area contributed by atoms with E-state index < -0.39 is 5.60 Å². The van der Waals surface area contributed by atoms with Crippen molar-refractivity contribution in [1.82, 2.24) is 19.9 Å². The van der Waals surface area contributed by atoms with Gasteiger partial charge in [-0.05, 0) is 40.0 Å². The summed E-state index contributed by atoms with van der Waals surface area (Å²) in [6.07, 6.45) is 2.06. The van der Waals surface area contributed by atoms with Crippen molar-refractivity contribution in [2.75, 3.05) is 26.2 Å². The molecule has 0 atom stereocenters. The highest BCUT2D eigenvalue weighted by molar-refractivity contribution is 5.87. The van der Waals surface area contributed by atoms with Crippen LogP contribution in [0.15, 0.2) is 4.52 Å². The van der Waals surface area contributed by atoms with Crippen molar-refractivity contribution in [3.8, 4) is 0 Å². The Kier molecular flexibility index (Phi) is 4.30. The molecule has 1 aromatic rings. The van der Waals surface area contributed by atoms with Gasteiger partial charge in [0, 0.05) is 31.6 Å². The Hall–Kier alpha value is -2.12. The van der Waals surface area contributed by atoms with Gasteiger partial charge in [-0.1, -0.05) is 25.9 Å². The molecule has 2 bridgehead atoms. The number of amides is 2. The Morgan fingerprint density at radius 3 is 2.00 bits per heavy atom. The van der Waals surface area contributed by atoms with Crippen molar-refractivity contribution >= 4 is 12.0 Å². The minimum atomic E-state index is -0.508. The lowest BCUT2D eigenvalue weighted by Gasteiger charge is -2.68. The van der Waals surface area contributed by atoms with Gasteiger partial charge < -0.3 is 19.1 Å². The molecule has 5 rings (SSSR count). The maximum absolute atomic E-state index is 13.1. The summed E-state index contributed by atoms with van der Waals surface area (Å²) in [4.78, 5) is 33.5. The fourth-order valence-corrected chi connectivity index (χ4v) is 4.74. The van der Waals surface area contributed by atoms with E-state index in [2.05, 4.69) is 30.9 Å². The number of hydrogen-bond donors (Lipinski definition) is 0. The molecule has 8 heteroatoms. The first-order valence-electron chi connectivity index (χ1n) is 10.5. The third kappa shape index (κ3) is 3.40. The number of carbonyl (C=O) groups is 2. The second kappa shape index (κ2) is 6.19. The smallest absolute Gasteiger partial charge is 0.410 e. The molecule has 29 heavy (non-hydrogen) atoms. The van der Waals surface area contributed by atoms with Gasteiger partial charge in [-0.25, -0.2) is 4.79 Å². The zero-order valence-corrected chi connectivity index (χ0v) is 18.4. The highest BCUT2D eigenvalue weighted by Gasteiger charge is 2.75. The highest BCUT2D eigenvalue weighted by Crippen LogP contribution is 2.73. The highest BCUT2D eigenvalue weighted by atomic mass is 16.6. The van der Waals surface area contributed by atoms with Crippen molar-refractivity contribution in [3.05, 3.63) is 11.7 Å². The van der Waals surface area contributed by atoms with Crippen LogP contribution in [-0.4, -0.2) is 63.7 Å². The summed E-state index contributed by atoms with van der Waals surface area (Å²) in [7, 11) is 0. The Morgan fingerprint density at radius 1 is 0.966 bits per heavy atom. The Bertz CT molecular complexity index is 805. The molecule has 0 aromatic carbocycles. The fourth-order valence-electron chi connectivity index (χ4n) is 4.74. The molecule has 1 saturated heterocycles. The van der Waals surface area contributed by atoms with Crippen LogP contribution in [0.3, 0.4) is 0 Å². The van der Waals surface area contributed by atoms with Gasteiger partial charge in [0.15, 0.2) is 5.82 Å². The van der Waals surface area contributed by atoms with Crippen molar-refractivity contribution in [2.45, 2.75) is 77.2 Å². The monoisotopic (exact) mass is 404 g/mol. The largest absolute Gasteiger partial charge is 0.444 e. The standard InChI is InChI=1S/C21H32N4O4/c1-18(2,3)14-22-15(29-23-14)20-11-21(12-20,13-20)16(26)24-7-9-25(10-8-24)17(27)28-19(4,5)6/h7-13H2,1-6H3. The van der Waals surface area contributed by atoms with Crippen LogP contribution < -0.4 is 0 Å². The quantitative estimate of drug-likeness (QED) is 0.753. The van der Waals surface area contributed by atoms with E-state index in [1.165, 1.54) is 0 Å². The van der Waals surface area contributed by atoms with Crippen LogP contribution in [0, 0.1) is 5.41 Å². The SMILES string of the molecule is CC(C)(C)OC(=O)N1CCN(C(=O)C23CC(c4nc(C(C)(C)C)no4)(C2)C3)CC1. The predicted molar refractivity (Wildman–Crippen MR) is 105 cm³/mol. The van der Waals surface area contributed by atoms with E-state index in [1.807, 2.05) is 25.7 Å². The van der Waals surface area contributed by atoms with E-state index in [-0.39, 0.29) is 28.2 Å². The van der Waals surface area contributed by atoms with E-state index in [9.17, 15) is 9.59 Å². The zero-order chi connectivity index (χ0) is 21.2. The molecule has 3 aliphatic carbocycles. The summed E-state index contributed by atoms with van der Waals surface area (Å²) in [5.74, 6) is 1.61. The molecule has 0 unspecified atom stereocenters. The molecule has 160 valence electrons. The minimum absolute atomic E-state index is 0.107. The van der Waals surface area contributed by atoms with E-state index in [0.29, 0.717) is 32.1 Å². The van der Waals surface area contributed by atoms with Crippen molar-refractivity contribution in [1.29, 1.82) is 0 Å². The van der Waals surface area contributed by atoms with Crippen molar-refractivity contribution < 1.29 is 18.8 Å². The number of hydrogen-bond acceptors (Lipinski definition) is 6. The van der Waals surface area contributed by atoms with Crippen LogP contribution in [0.25, 0.3) is 0 Å². The first kappa shape index (κ1) is 20.2. The lowest BCUT2D eigenvalue weighted by atomic mass is 9.34. The third-order valence-electron chi connectivity index (χ3n) is 6.25. The maximum Gasteiger partial charge on any atom is 0.410 e. The molecule has 1 aromatic heterocycles. The average Bonchev–Trinajstić information content (AvgIpc) is 3.01. The summed E-state index contributed by atoms with van der Waals surface area (Å²) in [6, 6.07) is 0. The summed E-state index contributed by atoms with van der Waals surface area (Å²) < 4.78 is 11.0. The number of nitrogens with zero attached hydrogens (tertiary/aromatic N) is 4. The topological polar surface area (TPSA) is 88.8 Å². The third-order valence-corrected chi connectivity index (χ3v) is 6.25. The Morgan fingerprint density at radius 2 is 1.52 bits per heavy atom. The number of ether oxygens (including phenoxy) is 1. The first-order valence-corrected chi connectivity index (χ1v) is 10.5. The molecule has 8 nitrogen and oxygen atoms in total. The lowest BCUT2D eigenvalue weighted by molar-refractivity contribution is -0.193. The molecule has 2 amide bonds. The van der Waals surface area contributed by atoms with Gasteiger partial charge >= 0.3 is 6.09 Å². The van der Waals surface area contributed by atoms with Crippen LogP contribution in [0.2, 0.25) is 0 Å². The number of aromatic nitrogens is 2. The maximum atomic E-state index is 13.1. The molecule has 3 saturated carbocycles. The van der Waals surface area contributed by atoms with E-state index >= 15 is 0 Å². The van der Waals surface area contributed by atoms with Gasteiger partial charge in [0.05, 0.1) is 10.8 Å². The van der Waals surface area contributed by atoms with Gasteiger partial charge in [0.25, 0.3) is 0 Å². The summed E-state index contributed by atoms with van der Waals surface area (Å²) >= 11 is 0. The second-order valence-corrected chi connectivity index (χ2v) is 11.0. The molecule has 4 aliphatic rings. The van der Waals surface area contributed by atoms with Gasteiger partial charge in [-0.2, -0.15) is 4.98 Å². The Balaban J connectivity index is 1.31. The summed E-state index contributed by atoms with van der Waals surface area (Å²) in [5.41, 5.74) is -1.03. The minimum Gasteiger partial charge on any atom is -0.444 e. The normalized spacial score (nSPS) is 29.2. The second-order valence-electron chi connectivity index (χ2n) is 11.0. The van der Waals surface area contributed by atoms with Gasteiger partial charge in [-0.3, -0.25) is 4.79 Å². The molecule has 0 radical (unpaired) electrons. The van der Waals surface area contributed by atoms with Crippen molar-refractivity contribution in [3.63, 3.8) is 0 Å². The summed E-state index contributed by atoms with van der Waals surface area (Å²) in [6.45, 7) is 13.9. The molecule has 0 spiro atoms. The molecule has 0 N–H and O–H groups in total. The van der Waals surface area contributed by atoms with E-state index in [1.54, 1.807) is 4.90 Å². The molecule has 4 fully saturated rings. The molecular formula is C21H32N4O4. The predicted octanol–water partition coefficient (Wildman–Crippen LogP) is 2.87. The van der Waals surface area contributed by atoms with Crippen LogP contribution in [-0.2, 0) is 20.4 Å². The van der Waals surface area contributed by atoms with Gasteiger partial charge in [-0.15, -0.1) is 0 Å². The molecule has 1 aliphatic heterocycles. The fraction of sp³-hybridized carbons (Fsp3) is 0.810. The first-order chi connectivity index (χ1) is 13.3. The number of rotatable bonds is 2. The number of carbonyl (C=O) groups excluding carboxylic acids is 2. The van der Waals surface area contributed by atoms with Gasteiger partial charge in [0.1, 0.15) is 5.60 Å². The van der Waals surface area contributed by atoms with Gasteiger partial charge in [0.2, 0.25) is 11.8 Å². The van der Waals surface area contributed by atoms with Crippen LogP contribution >= 0.6 is 0 Å². The number of piperazine rings is 1. The van der Waals surface area contributed by atoms with Crippen LogP contribution in [0.1, 0.15) is 72.5 Å². The average molecular weight is 405 g/mol. The Labute approximate surface area is 171 Å². The molecule has 2 heterocycles. The van der Waals surface area contributed by atoms with E-state index in [4.69, 9.17) is 9.26 Å².